The number of nitrogens with zero attached hydrogens (tertiary/aromatic N) is 2. The number of benzene rings is 4. The predicted molar refractivity (Wildman–Crippen MR) is 143 cm³/mol. The number of methoxy groups -OCH3 is 1. The van der Waals surface area contributed by atoms with Gasteiger partial charge in [-0.25, -0.2) is 14.8 Å². The Bertz CT molecular complexity index is 1510. The fraction of sp³-hybridized carbons (Fsp3) is 0.129. The number of rotatable bonds is 6. The molecule has 2 aliphatic heterocycles. The normalized spacial score (nSPS) is 20.2. The highest BCUT2D eigenvalue weighted by molar-refractivity contribution is 6.24. The maximum atomic E-state index is 13.8. The molecule has 0 spiro atoms. The molecule has 8 heteroatoms. The smallest absolute Gasteiger partial charge is 0.343 e. The lowest BCUT2D eigenvalue weighted by Gasteiger charge is -2.28. The Balaban J connectivity index is 1.32. The third-order valence-electron chi connectivity index (χ3n) is 6.90. The average molecular weight is 521 g/mol. The van der Waals surface area contributed by atoms with E-state index >= 15 is 0 Å². The number of amides is 2. The van der Waals surface area contributed by atoms with E-state index in [4.69, 9.17) is 14.3 Å². The summed E-state index contributed by atoms with van der Waals surface area (Å²) in [5, 5.41) is 1.63. The van der Waals surface area contributed by atoms with Gasteiger partial charge >= 0.3 is 5.97 Å². The molecular formula is C31H24N2O6. The van der Waals surface area contributed by atoms with E-state index < -0.39 is 29.9 Å². The summed E-state index contributed by atoms with van der Waals surface area (Å²) in [5.41, 5.74) is 2.35. The Morgan fingerprint density at radius 1 is 0.718 bits per heavy atom. The van der Waals surface area contributed by atoms with Crippen molar-refractivity contribution >= 4 is 29.2 Å². The van der Waals surface area contributed by atoms with Crippen LogP contribution < -0.4 is 19.4 Å². The van der Waals surface area contributed by atoms with Crippen molar-refractivity contribution in [2.45, 2.75) is 12.1 Å². The minimum absolute atomic E-state index is 0.349. The Labute approximate surface area is 224 Å². The molecule has 0 aliphatic carbocycles. The number of carbonyl (C=O) groups is 3. The fourth-order valence-electron chi connectivity index (χ4n) is 5.01. The van der Waals surface area contributed by atoms with Crippen LogP contribution in [0.15, 0.2) is 109 Å². The standard InChI is InChI=1S/C31H24N2O6/c1-37-24-18-14-22(15-19-24)32-29(34)26-27(33(39-28(26)30(32)35)23-10-6-3-7-11-23)20-12-16-25(17-13-20)38-31(36)21-8-4-2-5-9-21/h2-19,26-28H,1H3/t26-,27+,28-/m1/s1. The van der Waals surface area contributed by atoms with Crippen LogP contribution >= 0.6 is 0 Å². The molecule has 2 saturated heterocycles. The van der Waals surface area contributed by atoms with Crippen molar-refractivity contribution in [2.24, 2.45) is 5.92 Å². The molecule has 3 atom stereocenters. The molecule has 0 saturated carbocycles. The van der Waals surface area contributed by atoms with Crippen LogP contribution in [0.1, 0.15) is 22.0 Å². The largest absolute Gasteiger partial charge is 0.497 e. The van der Waals surface area contributed by atoms with Gasteiger partial charge in [0.05, 0.1) is 30.1 Å². The molecule has 0 N–H and O–H groups in total. The molecule has 0 radical (unpaired) electrons. The van der Waals surface area contributed by atoms with Crippen LogP contribution in [0.4, 0.5) is 11.4 Å². The van der Waals surface area contributed by atoms with Crippen LogP contribution in [0.3, 0.4) is 0 Å². The van der Waals surface area contributed by atoms with Gasteiger partial charge in [0.2, 0.25) is 5.91 Å². The lowest BCUT2D eigenvalue weighted by molar-refractivity contribution is -0.126. The fourth-order valence-corrected chi connectivity index (χ4v) is 5.01. The van der Waals surface area contributed by atoms with Gasteiger partial charge in [0.1, 0.15) is 17.4 Å². The van der Waals surface area contributed by atoms with Crippen LogP contribution in [-0.4, -0.2) is 31.0 Å². The summed E-state index contributed by atoms with van der Waals surface area (Å²) in [6, 6.07) is 31.2. The Kier molecular flexibility index (Phi) is 6.30. The number of anilines is 2. The summed E-state index contributed by atoms with van der Waals surface area (Å²) < 4.78 is 10.7. The first-order valence-electron chi connectivity index (χ1n) is 12.5. The first kappa shape index (κ1) is 24.4. The maximum absolute atomic E-state index is 13.8. The second-order valence-electron chi connectivity index (χ2n) is 9.19. The lowest BCUT2D eigenvalue weighted by atomic mass is 9.90. The molecule has 6 rings (SSSR count). The Morgan fingerprint density at radius 2 is 1.33 bits per heavy atom. The Hall–Kier alpha value is -4.95. The van der Waals surface area contributed by atoms with E-state index in [9.17, 15) is 14.4 Å². The molecule has 2 aliphatic rings. The van der Waals surface area contributed by atoms with Gasteiger partial charge in [-0.1, -0.05) is 48.5 Å². The SMILES string of the molecule is COc1ccc(N2C(=O)[C@H]3[C@@H](ON(c4ccccc4)[C@H]3c3ccc(OC(=O)c4ccccc4)cc3)C2=O)cc1. The summed E-state index contributed by atoms with van der Waals surface area (Å²) in [5.74, 6) is -1.04. The van der Waals surface area contributed by atoms with Gasteiger partial charge in [-0.3, -0.25) is 14.4 Å². The van der Waals surface area contributed by atoms with E-state index in [2.05, 4.69) is 0 Å². The first-order valence-corrected chi connectivity index (χ1v) is 12.5. The van der Waals surface area contributed by atoms with Gasteiger partial charge in [0.25, 0.3) is 5.91 Å². The zero-order chi connectivity index (χ0) is 26.9. The van der Waals surface area contributed by atoms with E-state index in [1.807, 2.05) is 36.4 Å². The number of esters is 1. The monoisotopic (exact) mass is 520 g/mol. The molecule has 2 heterocycles. The molecule has 39 heavy (non-hydrogen) atoms. The van der Waals surface area contributed by atoms with Crippen molar-refractivity contribution in [3.63, 3.8) is 0 Å². The van der Waals surface area contributed by atoms with E-state index in [0.717, 1.165) is 5.56 Å². The van der Waals surface area contributed by atoms with Gasteiger partial charge < -0.3 is 9.47 Å². The molecule has 2 fully saturated rings. The quantitative estimate of drug-likeness (QED) is 0.202. The number of hydrogen-bond acceptors (Lipinski definition) is 7. The molecule has 8 nitrogen and oxygen atoms in total. The van der Waals surface area contributed by atoms with E-state index in [0.29, 0.717) is 28.4 Å². The lowest BCUT2D eigenvalue weighted by Crippen LogP contribution is -2.37. The summed E-state index contributed by atoms with van der Waals surface area (Å²) in [6.45, 7) is 0. The third-order valence-corrected chi connectivity index (χ3v) is 6.90. The van der Waals surface area contributed by atoms with Crippen LogP contribution in [0.25, 0.3) is 0 Å². The van der Waals surface area contributed by atoms with Crippen molar-refractivity contribution < 1.29 is 28.7 Å². The second-order valence-corrected chi connectivity index (χ2v) is 9.19. The molecule has 2 amide bonds. The van der Waals surface area contributed by atoms with Crippen molar-refractivity contribution in [3.8, 4) is 11.5 Å². The van der Waals surface area contributed by atoms with Gasteiger partial charge in [-0.15, -0.1) is 0 Å². The van der Waals surface area contributed by atoms with E-state index in [1.165, 1.54) is 4.90 Å². The van der Waals surface area contributed by atoms with Crippen LogP contribution in [-0.2, 0) is 14.4 Å². The van der Waals surface area contributed by atoms with E-state index in [1.54, 1.807) is 85.0 Å². The van der Waals surface area contributed by atoms with Gasteiger partial charge in [-0.2, -0.15) is 0 Å². The molecule has 0 unspecified atom stereocenters. The topological polar surface area (TPSA) is 85.4 Å². The van der Waals surface area contributed by atoms with Gasteiger partial charge in [0, 0.05) is 0 Å². The highest BCUT2D eigenvalue weighted by atomic mass is 16.7. The Morgan fingerprint density at radius 3 is 1.97 bits per heavy atom. The summed E-state index contributed by atoms with van der Waals surface area (Å²) >= 11 is 0. The van der Waals surface area contributed by atoms with Crippen LogP contribution in [0.2, 0.25) is 0 Å². The molecule has 194 valence electrons. The predicted octanol–water partition coefficient (Wildman–Crippen LogP) is 4.97. The van der Waals surface area contributed by atoms with Crippen LogP contribution in [0.5, 0.6) is 11.5 Å². The molecule has 4 aromatic carbocycles. The summed E-state index contributed by atoms with van der Waals surface area (Å²) in [6.07, 6.45) is -0.986. The number of hydrogen-bond donors (Lipinski definition) is 0. The second kappa shape index (κ2) is 10.1. The number of ether oxygens (including phenoxy) is 2. The van der Waals surface area contributed by atoms with Gasteiger partial charge in [0.15, 0.2) is 6.10 Å². The highest BCUT2D eigenvalue weighted by Crippen LogP contribution is 2.47. The first-order chi connectivity index (χ1) is 19.0. The highest BCUT2D eigenvalue weighted by Gasteiger charge is 2.60. The summed E-state index contributed by atoms with van der Waals surface area (Å²) in [4.78, 5) is 47.1. The van der Waals surface area contributed by atoms with Crippen molar-refractivity contribution in [1.82, 2.24) is 0 Å². The minimum atomic E-state index is -0.986. The van der Waals surface area contributed by atoms with E-state index in [-0.39, 0.29) is 5.91 Å². The number of hydroxylamine groups is 1. The number of fused-ring (bicyclic) bond motifs is 1. The zero-order valence-electron chi connectivity index (χ0n) is 21.0. The molecular weight excluding hydrogens is 496 g/mol. The molecule has 0 bridgehead atoms. The van der Waals surface area contributed by atoms with Gasteiger partial charge in [-0.05, 0) is 66.2 Å². The number of carbonyl (C=O) groups excluding carboxylic acids is 3. The number of para-hydroxylation sites is 1. The summed E-state index contributed by atoms with van der Waals surface area (Å²) in [7, 11) is 1.55. The van der Waals surface area contributed by atoms with Crippen molar-refractivity contribution in [2.75, 3.05) is 17.1 Å². The third kappa shape index (κ3) is 4.41. The molecule has 4 aromatic rings. The average Bonchev–Trinajstić information content (AvgIpc) is 3.50. The van der Waals surface area contributed by atoms with Crippen molar-refractivity contribution in [1.29, 1.82) is 0 Å². The van der Waals surface area contributed by atoms with Crippen molar-refractivity contribution in [3.05, 3.63) is 120 Å². The zero-order valence-corrected chi connectivity index (χ0v) is 21.0. The number of imide groups is 1. The minimum Gasteiger partial charge on any atom is -0.497 e. The molecule has 0 aromatic heterocycles. The van der Waals surface area contributed by atoms with Crippen LogP contribution in [0, 0.1) is 5.92 Å². The maximum Gasteiger partial charge on any atom is 0.343 e.